The van der Waals surface area contributed by atoms with Crippen LogP contribution in [0.3, 0.4) is 0 Å². The number of amides is 1. The van der Waals surface area contributed by atoms with Crippen molar-refractivity contribution in [2.24, 2.45) is 11.8 Å². The molecule has 1 rings (SSSR count). The van der Waals surface area contributed by atoms with Gasteiger partial charge in [0.25, 0.3) is 0 Å². The van der Waals surface area contributed by atoms with Gasteiger partial charge in [-0.15, -0.1) is 0 Å². The van der Waals surface area contributed by atoms with Crippen LogP contribution in [-0.4, -0.2) is 30.3 Å². The van der Waals surface area contributed by atoms with Gasteiger partial charge in [0.2, 0.25) is 0 Å². The Balaban J connectivity index is 2.36. The zero-order valence-corrected chi connectivity index (χ0v) is 14.7. The predicted molar refractivity (Wildman–Crippen MR) is 87.4 cm³/mol. The van der Waals surface area contributed by atoms with E-state index in [9.17, 15) is 4.79 Å². The molecule has 1 amide bonds. The summed E-state index contributed by atoms with van der Waals surface area (Å²) < 4.78 is 5.28. The Morgan fingerprint density at radius 3 is 2.24 bits per heavy atom. The van der Waals surface area contributed by atoms with Crippen molar-refractivity contribution in [2.45, 2.75) is 84.9 Å². The molecule has 124 valence electrons. The van der Waals surface area contributed by atoms with E-state index in [-0.39, 0.29) is 6.09 Å². The topological polar surface area (TPSA) is 50.4 Å². The Bertz CT molecular complexity index is 315. The molecule has 1 aliphatic carbocycles. The molecule has 4 heteroatoms. The normalized spacial score (nSPS) is 28.0. The number of ether oxygens (including phenoxy) is 1. The van der Waals surface area contributed by atoms with Gasteiger partial charge in [-0.2, -0.15) is 0 Å². The summed E-state index contributed by atoms with van der Waals surface area (Å²) in [5, 5.41) is 6.59. The maximum absolute atomic E-state index is 11.7. The Morgan fingerprint density at radius 2 is 1.76 bits per heavy atom. The minimum atomic E-state index is -0.437. The maximum Gasteiger partial charge on any atom is 0.407 e. The Labute approximate surface area is 130 Å². The summed E-state index contributed by atoms with van der Waals surface area (Å²) >= 11 is 0. The molecule has 0 radical (unpaired) electrons. The highest BCUT2D eigenvalue weighted by Gasteiger charge is 2.25. The van der Waals surface area contributed by atoms with E-state index < -0.39 is 5.60 Å². The van der Waals surface area contributed by atoms with Crippen LogP contribution in [0, 0.1) is 11.8 Å². The van der Waals surface area contributed by atoms with Gasteiger partial charge >= 0.3 is 6.09 Å². The average Bonchev–Trinajstić information content (AvgIpc) is 2.31. The molecule has 0 aliphatic heterocycles. The summed E-state index contributed by atoms with van der Waals surface area (Å²) in [7, 11) is 0. The molecule has 0 bridgehead atoms. The van der Waals surface area contributed by atoms with Crippen molar-refractivity contribution in [3.63, 3.8) is 0 Å². The first-order valence-electron chi connectivity index (χ1n) is 8.42. The zero-order chi connectivity index (χ0) is 16.0. The highest BCUT2D eigenvalue weighted by Crippen LogP contribution is 2.28. The Kier molecular flexibility index (Phi) is 6.98. The second kappa shape index (κ2) is 8.02. The lowest BCUT2D eigenvalue weighted by molar-refractivity contribution is 0.0520. The Hall–Kier alpha value is -0.770. The number of hydrogen-bond acceptors (Lipinski definition) is 3. The first-order chi connectivity index (χ1) is 9.69. The van der Waals surface area contributed by atoms with E-state index in [1.807, 2.05) is 20.8 Å². The van der Waals surface area contributed by atoms with Gasteiger partial charge < -0.3 is 15.4 Å². The van der Waals surface area contributed by atoms with E-state index in [0.717, 1.165) is 18.3 Å². The molecule has 0 heterocycles. The van der Waals surface area contributed by atoms with Crippen molar-refractivity contribution in [3.05, 3.63) is 0 Å². The minimum absolute atomic E-state index is 0.319. The summed E-state index contributed by atoms with van der Waals surface area (Å²) in [5.74, 6) is 1.59. The smallest absolute Gasteiger partial charge is 0.407 e. The third-order valence-electron chi connectivity index (χ3n) is 4.03. The summed E-state index contributed by atoms with van der Waals surface area (Å²) in [6.45, 7) is 13.1. The van der Waals surface area contributed by atoms with Gasteiger partial charge in [0.05, 0.1) is 0 Å². The number of rotatable bonds is 5. The van der Waals surface area contributed by atoms with Gasteiger partial charge in [0.1, 0.15) is 5.60 Å². The lowest BCUT2D eigenvalue weighted by Crippen LogP contribution is -2.48. The first kappa shape index (κ1) is 18.3. The van der Waals surface area contributed by atoms with E-state index in [4.69, 9.17) is 4.74 Å². The van der Waals surface area contributed by atoms with Crippen LogP contribution in [0.15, 0.2) is 0 Å². The molecule has 0 aromatic carbocycles. The molecule has 4 nitrogen and oxygen atoms in total. The fraction of sp³-hybridized carbons (Fsp3) is 0.941. The standard InChI is InChI=1S/C17H34N2O2/c1-7-14(11-18-16(20)21-17(4,5)6)19-15-9-12(2)8-13(3)10-15/h12-15,19H,7-11H2,1-6H3,(H,18,20). The van der Waals surface area contributed by atoms with Gasteiger partial charge in [-0.05, 0) is 58.3 Å². The van der Waals surface area contributed by atoms with E-state index >= 15 is 0 Å². The number of nitrogens with one attached hydrogen (secondary N) is 2. The SMILES string of the molecule is CCC(CNC(=O)OC(C)(C)C)NC1CC(C)CC(C)C1. The summed E-state index contributed by atoms with van der Waals surface area (Å²) in [4.78, 5) is 11.7. The average molecular weight is 298 g/mol. The van der Waals surface area contributed by atoms with Crippen molar-refractivity contribution < 1.29 is 9.53 Å². The second-order valence-corrected chi connectivity index (χ2v) is 7.77. The second-order valence-electron chi connectivity index (χ2n) is 7.77. The van der Waals surface area contributed by atoms with Crippen molar-refractivity contribution in [1.29, 1.82) is 0 Å². The molecule has 0 aromatic rings. The van der Waals surface area contributed by atoms with Gasteiger partial charge in [0, 0.05) is 18.6 Å². The predicted octanol–water partition coefficient (Wildman–Crippen LogP) is 3.70. The number of alkyl carbamates (subject to hydrolysis) is 1. The van der Waals surface area contributed by atoms with E-state index in [1.54, 1.807) is 0 Å². The molecule has 0 spiro atoms. The van der Waals surface area contributed by atoms with Crippen molar-refractivity contribution in [2.75, 3.05) is 6.54 Å². The van der Waals surface area contributed by atoms with Crippen LogP contribution in [0.25, 0.3) is 0 Å². The molecule has 1 saturated carbocycles. The quantitative estimate of drug-likeness (QED) is 0.813. The first-order valence-corrected chi connectivity index (χ1v) is 8.42. The van der Waals surface area contributed by atoms with Gasteiger partial charge in [0.15, 0.2) is 0 Å². The molecular weight excluding hydrogens is 264 g/mol. The van der Waals surface area contributed by atoms with Crippen LogP contribution in [0.4, 0.5) is 4.79 Å². The third-order valence-corrected chi connectivity index (χ3v) is 4.03. The largest absolute Gasteiger partial charge is 0.444 e. The lowest BCUT2D eigenvalue weighted by Gasteiger charge is -2.34. The molecule has 0 aromatic heterocycles. The zero-order valence-electron chi connectivity index (χ0n) is 14.7. The highest BCUT2D eigenvalue weighted by atomic mass is 16.6. The molecule has 3 unspecified atom stereocenters. The summed E-state index contributed by atoms with van der Waals surface area (Å²) in [6, 6.07) is 0.897. The van der Waals surface area contributed by atoms with E-state index in [1.165, 1.54) is 19.3 Å². The lowest BCUT2D eigenvalue weighted by atomic mass is 9.80. The van der Waals surface area contributed by atoms with Gasteiger partial charge in [-0.1, -0.05) is 20.8 Å². The fourth-order valence-electron chi connectivity index (χ4n) is 3.26. The number of hydrogen-bond donors (Lipinski definition) is 2. The molecule has 0 saturated heterocycles. The number of carbonyl (C=O) groups excluding carboxylic acids is 1. The van der Waals surface area contributed by atoms with E-state index in [0.29, 0.717) is 18.6 Å². The molecule has 21 heavy (non-hydrogen) atoms. The van der Waals surface area contributed by atoms with Gasteiger partial charge in [-0.3, -0.25) is 0 Å². The molecule has 3 atom stereocenters. The van der Waals surface area contributed by atoms with Crippen LogP contribution < -0.4 is 10.6 Å². The van der Waals surface area contributed by atoms with Gasteiger partial charge in [-0.25, -0.2) is 4.79 Å². The highest BCUT2D eigenvalue weighted by molar-refractivity contribution is 5.67. The monoisotopic (exact) mass is 298 g/mol. The molecule has 1 fully saturated rings. The summed E-state index contributed by atoms with van der Waals surface area (Å²) in [6.07, 6.45) is 4.51. The number of carbonyl (C=O) groups is 1. The molecule has 1 aliphatic rings. The van der Waals surface area contributed by atoms with Crippen molar-refractivity contribution >= 4 is 6.09 Å². The maximum atomic E-state index is 11.7. The van der Waals surface area contributed by atoms with Crippen LogP contribution >= 0.6 is 0 Å². The van der Waals surface area contributed by atoms with Crippen LogP contribution in [0.2, 0.25) is 0 Å². The third kappa shape index (κ3) is 7.70. The minimum Gasteiger partial charge on any atom is -0.444 e. The van der Waals surface area contributed by atoms with Crippen LogP contribution in [0.1, 0.15) is 67.2 Å². The van der Waals surface area contributed by atoms with E-state index in [2.05, 4.69) is 31.4 Å². The van der Waals surface area contributed by atoms with Crippen LogP contribution in [-0.2, 0) is 4.74 Å². The summed E-state index contributed by atoms with van der Waals surface area (Å²) in [5.41, 5.74) is -0.437. The van der Waals surface area contributed by atoms with Crippen molar-refractivity contribution in [1.82, 2.24) is 10.6 Å². The molecule has 2 N–H and O–H groups in total. The van der Waals surface area contributed by atoms with Crippen molar-refractivity contribution in [3.8, 4) is 0 Å². The Morgan fingerprint density at radius 1 is 1.19 bits per heavy atom. The molecular formula is C17H34N2O2. The van der Waals surface area contributed by atoms with Crippen LogP contribution in [0.5, 0.6) is 0 Å². The fourth-order valence-corrected chi connectivity index (χ4v) is 3.26.